The Bertz CT molecular complexity index is 950. The van der Waals surface area contributed by atoms with Crippen LogP contribution in [0.4, 0.5) is 0 Å². The van der Waals surface area contributed by atoms with Gasteiger partial charge in [-0.1, -0.05) is 0 Å². The molecule has 0 saturated carbocycles. The highest BCUT2D eigenvalue weighted by molar-refractivity contribution is 7.18. The van der Waals surface area contributed by atoms with E-state index in [1.165, 1.54) is 17.5 Å². The maximum Gasteiger partial charge on any atom is 0.170 e. The highest BCUT2D eigenvalue weighted by atomic mass is 32.1. The van der Waals surface area contributed by atoms with Gasteiger partial charge < -0.3 is 4.74 Å². The molecule has 0 bridgehead atoms. The topological polar surface area (TPSA) is 51.1 Å². The predicted octanol–water partition coefficient (Wildman–Crippen LogP) is 4.86. The molecule has 28 heavy (non-hydrogen) atoms. The van der Waals surface area contributed by atoms with E-state index in [9.17, 15) is 0 Å². The van der Waals surface area contributed by atoms with E-state index in [2.05, 4.69) is 33.9 Å². The van der Waals surface area contributed by atoms with E-state index in [1.54, 1.807) is 11.3 Å². The van der Waals surface area contributed by atoms with Crippen molar-refractivity contribution in [2.75, 3.05) is 19.7 Å². The van der Waals surface area contributed by atoms with Gasteiger partial charge in [-0.25, -0.2) is 9.97 Å². The predicted molar refractivity (Wildman–Crippen MR) is 114 cm³/mol. The summed E-state index contributed by atoms with van der Waals surface area (Å²) in [5, 5.41) is 1.07. The number of likely N-dealkylation sites (tertiary alicyclic amines) is 1. The van der Waals surface area contributed by atoms with E-state index in [-0.39, 0.29) is 0 Å². The summed E-state index contributed by atoms with van der Waals surface area (Å²) in [6.07, 6.45) is 2.41. The van der Waals surface area contributed by atoms with Gasteiger partial charge in [-0.15, -0.1) is 11.3 Å². The first-order valence-corrected chi connectivity index (χ1v) is 10.9. The monoisotopic (exact) mass is 396 g/mol. The van der Waals surface area contributed by atoms with Gasteiger partial charge in [0.15, 0.2) is 5.65 Å². The molecule has 0 aliphatic carbocycles. The molecule has 1 fully saturated rings. The van der Waals surface area contributed by atoms with Crippen LogP contribution in [-0.2, 0) is 0 Å². The summed E-state index contributed by atoms with van der Waals surface area (Å²) < 4.78 is 7.28. The van der Waals surface area contributed by atoms with Crippen LogP contribution >= 0.6 is 11.3 Å². The number of piperidine rings is 1. The van der Waals surface area contributed by atoms with Crippen molar-refractivity contribution in [3.63, 3.8) is 0 Å². The Kier molecular flexibility index (Phi) is 5.60. The number of thiazole rings is 1. The lowest BCUT2D eigenvalue weighted by Crippen LogP contribution is -2.39. The van der Waals surface area contributed by atoms with Crippen LogP contribution in [0.2, 0.25) is 0 Å². The molecule has 3 aromatic heterocycles. The molecule has 1 aliphatic rings. The first-order valence-electron chi connectivity index (χ1n) is 10.0. The van der Waals surface area contributed by atoms with Gasteiger partial charge >= 0.3 is 0 Å². The van der Waals surface area contributed by atoms with Crippen LogP contribution in [0.25, 0.3) is 10.3 Å². The molecule has 2 atom stereocenters. The average Bonchev–Trinajstić information content (AvgIpc) is 3.04. The molecule has 0 unspecified atom stereocenters. The fourth-order valence-electron chi connectivity index (χ4n) is 4.04. The molecule has 0 amide bonds. The Morgan fingerprint density at radius 3 is 2.71 bits per heavy atom. The molecule has 4 heterocycles. The van der Waals surface area contributed by atoms with E-state index in [0.717, 1.165) is 53.2 Å². The van der Waals surface area contributed by atoms with Gasteiger partial charge in [-0.05, 0) is 59.2 Å². The molecule has 0 radical (unpaired) electrons. The normalized spacial score (nSPS) is 19.1. The number of aryl methyl sites for hydroxylation is 3. The Labute approximate surface area is 170 Å². The summed E-state index contributed by atoms with van der Waals surface area (Å²) in [7, 11) is 0. The van der Waals surface area contributed by atoms with Crippen molar-refractivity contribution in [1.29, 1.82) is 0 Å². The van der Waals surface area contributed by atoms with E-state index in [0.29, 0.717) is 12.0 Å². The fourth-order valence-corrected chi connectivity index (χ4v) is 4.81. The summed E-state index contributed by atoms with van der Waals surface area (Å²) in [5.74, 6) is 1.47. The van der Waals surface area contributed by atoms with Gasteiger partial charge in [0.2, 0.25) is 0 Å². The smallest absolute Gasteiger partial charge is 0.170 e. The molecular formula is C22H28N4OS. The summed E-state index contributed by atoms with van der Waals surface area (Å²) >= 11 is 1.71. The van der Waals surface area contributed by atoms with Crippen molar-refractivity contribution in [2.45, 2.75) is 46.6 Å². The van der Waals surface area contributed by atoms with Crippen molar-refractivity contribution in [2.24, 2.45) is 5.92 Å². The number of aromatic nitrogens is 3. The van der Waals surface area contributed by atoms with E-state index >= 15 is 0 Å². The van der Waals surface area contributed by atoms with Gasteiger partial charge in [0.1, 0.15) is 5.75 Å². The second-order valence-electron chi connectivity index (χ2n) is 7.87. The summed E-state index contributed by atoms with van der Waals surface area (Å²) in [5.41, 5.74) is 4.01. The molecule has 1 saturated heterocycles. The first-order chi connectivity index (χ1) is 13.5. The molecule has 3 aromatic rings. The van der Waals surface area contributed by atoms with Crippen molar-refractivity contribution >= 4 is 21.7 Å². The van der Waals surface area contributed by atoms with Crippen molar-refractivity contribution in [3.8, 4) is 5.75 Å². The average molecular weight is 397 g/mol. The summed E-state index contributed by atoms with van der Waals surface area (Å²) in [6.45, 7) is 11.2. The van der Waals surface area contributed by atoms with Gasteiger partial charge in [0, 0.05) is 42.0 Å². The van der Waals surface area contributed by atoms with Crippen LogP contribution in [0.15, 0.2) is 24.3 Å². The molecule has 6 heteroatoms. The van der Waals surface area contributed by atoms with Gasteiger partial charge in [-0.2, -0.15) is 0 Å². The Balaban J connectivity index is 1.40. The molecule has 0 spiro atoms. The van der Waals surface area contributed by atoms with E-state index < -0.39 is 0 Å². The van der Waals surface area contributed by atoms with Crippen LogP contribution in [0.3, 0.4) is 0 Å². The Morgan fingerprint density at radius 1 is 1.14 bits per heavy atom. The second kappa shape index (κ2) is 8.13. The van der Waals surface area contributed by atoms with Crippen LogP contribution in [0, 0.1) is 26.7 Å². The summed E-state index contributed by atoms with van der Waals surface area (Å²) in [6, 6.07) is 8.65. The van der Waals surface area contributed by atoms with E-state index in [4.69, 9.17) is 9.72 Å². The third-order valence-electron chi connectivity index (χ3n) is 5.45. The molecule has 0 aromatic carbocycles. The van der Waals surface area contributed by atoms with Gasteiger partial charge in [-0.3, -0.25) is 9.88 Å². The quantitative estimate of drug-likeness (QED) is 0.616. The molecule has 4 rings (SSSR count). The van der Waals surface area contributed by atoms with Crippen LogP contribution in [0.1, 0.15) is 47.9 Å². The molecule has 5 nitrogen and oxygen atoms in total. The third kappa shape index (κ3) is 4.33. The zero-order valence-electron chi connectivity index (χ0n) is 17.1. The number of rotatable bonds is 5. The lowest BCUT2D eigenvalue weighted by molar-refractivity contribution is 0.0993. The zero-order valence-corrected chi connectivity index (χ0v) is 17.9. The minimum atomic E-state index is 0.291. The number of hydrogen-bond acceptors (Lipinski definition) is 6. The van der Waals surface area contributed by atoms with E-state index in [1.807, 2.05) is 32.9 Å². The minimum Gasteiger partial charge on any atom is -0.493 e. The zero-order chi connectivity index (χ0) is 19.7. The lowest BCUT2D eigenvalue weighted by Gasteiger charge is -2.36. The van der Waals surface area contributed by atoms with Crippen molar-refractivity contribution in [1.82, 2.24) is 19.9 Å². The maximum absolute atomic E-state index is 6.11. The minimum absolute atomic E-state index is 0.291. The highest BCUT2D eigenvalue weighted by Crippen LogP contribution is 2.28. The summed E-state index contributed by atoms with van der Waals surface area (Å²) in [4.78, 5) is 16.3. The first kappa shape index (κ1) is 19.3. The van der Waals surface area contributed by atoms with Gasteiger partial charge in [0.25, 0.3) is 0 Å². The number of nitrogens with zero attached hydrogens (tertiary/aromatic N) is 4. The molecule has 0 N–H and O–H groups in total. The van der Waals surface area contributed by atoms with Crippen molar-refractivity contribution in [3.05, 3.63) is 46.4 Å². The standard InChI is InChI=1S/C22H28N4OS/c1-14-10-19(11-15(2)23-14)27-13-18-6-5-9-26(12-18)16(3)20-7-8-21-22(25-20)24-17(4)28-21/h7-8,10-11,16,18H,5-6,9,12-13H2,1-4H3/t16-,18-/m1/s1. The Morgan fingerprint density at radius 2 is 1.93 bits per heavy atom. The van der Waals surface area contributed by atoms with Crippen LogP contribution in [0.5, 0.6) is 5.75 Å². The highest BCUT2D eigenvalue weighted by Gasteiger charge is 2.26. The number of ether oxygens (including phenoxy) is 1. The lowest BCUT2D eigenvalue weighted by atomic mass is 9.97. The van der Waals surface area contributed by atoms with Crippen molar-refractivity contribution < 1.29 is 4.74 Å². The third-order valence-corrected chi connectivity index (χ3v) is 6.37. The number of pyridine rings is 2. The Hall–Kier alpha value is -2.05. The molecule has 1 aliphatic heterocycles. The SMILES string of the molecule is Cc1cc(OC[C@@H]2CCCN([C@H](C)c3ccc4sc(C)nc4n3)C2)cc(C)n1. The largest absolute Gasteiger partial charge is 0.493 e. The number of hydrogen-bond donors (Lipinski definition) is 0. The van der Waals surface area contributed by atoms with Gasteiger partial charge in [0.05, 0.1) is 22.0 Å². The van der Waals surface area contributed by atoms with Crippen LogP contribution in [-0.4, -0.2) is 39.5 Å². The fraction of sp³-hybridized carbons (Fsp3) is 0.500. The molecular weight excluding hydrogens is 368 g/mol. The maximum atomic E-state index is 6.11. The van der Waals surface area contributed by atoms with Crippen LogP contribution < -0.4 is 4.74 Å². The molecule has 148 valence electrons. The number of fused-ring (bicyclic) bond motifs is 1. The second-order valence-corrected chi connectivity index (χ2v) is 9.10.